The molecule has 0 aliphatic heterocycles. The predicted octanol–water partition coefficient (Wildman–Crippen LogP) is 3.07. The molecule has 0 bridgehead atoms. The van der Waals surface area contributed by atoms with Crippen LogP contribution in [0.25, 0.3) is 0 Å². The Kier molecular flexibility index (Phi) is 5.12. The molecule has 0 spiro atoms. The van der Waals surface area contributed by atoms with Crippen LogP contribution in [0.2, 0.25) is 0 Å². The van der Waals surface area contributed by atoms with Crippen molar-refractivity contribution in [3.8, 4) is 11.5 Å². The molecule has 0 atom stereocenters. The summed E-state index contributed by atoms with van der Waals surface area (Å²) in [4.78, 5) is 12.3. The first-order valence-corrected chi connectivity index (χ1v) is 7.69. The van der Waals surface area contributed by atoms with Gasteiger partial charge < -0.3 is 13.9 Å². The lowest BCUT2D eigenvalue weighted by molar-refractivity contribution is 0.102. The molecule has 0 radical (unpaired) electrons. The van der Waals surface area contributed by atoms with E-state index >= 15 is 0 Å². The van der Waals surface area contributed by atoms with Crippen molar-refractivity contribution >= 4 is 11.9 Å². The van der Waals surface area contributed by atoms with Gasteiger partial charge in [0.15, 0.2) is 11.5 Å². The van der Waals surface area contributed by atoms with Gasteiger partial charge >= 0.3 is 6.01 Å². The third-order valence-electron chi connectivity index (χ3n) is 3.60. The third-order valence-corrected chi connectivity index (χ3v) is 3.60. The van der Waals surface area contributed by atoms with Crippen molar-refractivity contribution in [1.82, 2.24) is 10.2 Å². The van der Waals surface area contributed by atoms with Gasteiger partial charge in [0.05, 0.1) is 20.6 Å². The average molecular weight is 357 g/mol. The second-order valence-electron chi connectivity index (χ2n) is 5.33. The van der Waals surface area contributed by atoms with Crippen LogP contribution in [0.15, 0.2) is 46.9 Å². The highest BCUT2D eigenvalue weighted by atomic mass is 19.1. The van der Waals surface area contributed by atoms with Crippen LogP contribution in [0, 0.1) is 5.82 Å². The number of ether oxygens (including phenoxy) is 2. The molecule has 1 amide bonds. The smallest absolute Gasteiger partial charge is 0.322 e. The molecule has 1 aromatic heterocycles. The first kappa shape index (κ1) is 17.4. The molecule has 0 aliphatic rings. The number of rotatable bonds is 6. The Hall–Kier alpha value is -3.42. The summed E-state index contributed by atoms with van der Waals surface area (Å²) in [7, 11) is 3.00. The van der Waals surface area contributed by atoms with Crippen molar-refractivity contribution in [1.29, 1.82) is 0 Å². The lowest BCUT2D eigenvalue weighted by atomic mass is 10.1. The summed E-state index contributed by atoms with van der Waals surface area (Å²) in [6.45, 7) is 0. The molecular weight excluding hydrogens is 341 g/mol. The lowest BCUT2D eigenvalue weighted by Gasteiger charge is -2.08. The molecule has 3 rings (SSSR count). The van der Waals surface area contributed by atoms with Gasteiger partial charge in [0.1, 0.15) is 5.82 Å². The quantitative estimate of drug-likeness (QED) is 0.730. The number of carbonyl (C=O) groups excluding carboxylic acids is 1. The first-order chi connectivity index (χ1) is 12.6. The zero-order valence-electron chi connectivity index (χ0n) is 14.2. The topological polar surface area (TPSA) is 86.5 Å². The Morgan fingerprint density at radius 3 is 2.50 bits per heavy atom. The number of aromatic nitrogens is 2. The number of amides is 1. The summed E-state index contributed by atoms with van der Waals surface area (Å²) in [6, 6.07) is 10.7. The summed E-state index contributed by atoms with van der Waals surface area (Å²) in [5.41, 5.74) is 1.16. The molecule has 0 aliphatic carbocycles. The molecule has 2 aromatic carbocycles. The summed E-state index contributed by atoms with van der Waals surface area (Å²) in [6.07, 6.45) is 0.333. The van der Waals surface area contributed by atoms with E-state index in [1.165, 1.54) is 26.4 Å². The van der Waals surface area contributed by atoms with Crippen LogP contribution >= 0.6 is 0 Å². The molecular formula is C18H16FN3O4. The van der Waals surface area contributed by atoms with E-state index in [2.05, 4.69) is 15.5 Å². The van der Waals surface area contributed by atoms with Crippen LogP contribution in [0.4, 0.5) is 10.4 Å². The van der Waals surface area contributed by atoms with E-state index in [9.17, 15) is 9.18 Å². The van der Waals surface area contributed by atoms with Crippen LogP contribution in [0.1, 0.15) is 21.8 Å². The van der Waals surface area contributed by atoms with Gasteiger partial charge in [0.25, 0.3) is 5.91 Å². The Morgan fingerprint density at radius 2 is 1.81 bits per heavy atom. The number of anilines is 1. The van der Waals surface area contributed by atoms with Gasteiger partial charge in [-0.3, -0.25) is 10.1 Å². The van der Waals surface area contributed by atoms with Gasteiger partial charge in [-0.15, -0.1) is 5.10 Å². The van der Waals surface area contributed by atoms with E-state index in [-0.39, 0.29) is 11.8 Å². The van der Waals surface area contributed by atoms with E-state index in [0.717, 1.165) is 5.56 Å². The molecule has 1 heterocycles. The van der Waals surface area contributed by atoms with Gasteiger partial charge in [-0.05, 0) is 35.9 Å². The van der Waals surface area contributed by atoms with Crippen LogP contribution < -0.4 is 14.8 Å². The maximum absolute atomic E-state index is 12.9. The molecule has 0 saturated carbocycles. The summed E-state index contributed by atoms with van der Waals surface area (Å²) in [5, 5.41) is 10.2. The monoisotopic (exact) mass is 357 g/mol. The van der Waals surface area contributed by atoms with E-state index in [4.69, 9.17) is 13.9 Å². The number of hydrogen-bond donors (Lipinski definition) is 1. The van der Waals surface area contributed by atoms with Gasteiger partial charge in [0, 0.05) is 5.56 Å². The maximum atomic E-state index is 12.9. The van der Waals surface area contributed by atoms with Crippen molar-refractivity contribution in [3.05, 3.63) is 65.3 Å². The molecule has 3 aromatic rings. The minimum absolute atomic E-state index is 0.0260. The minimum atomic E-state index is -0.428. The van der Waals surface area contributed by atoms with Crippen LogP contribution in [-0.4, -0.2) is 30.3 Å². The molecule has 26 heavy (non-hydrogen) atoms. The van der Waals surface area contributed by atoms with Crippen molar-refractivity contribution in [2.24, 2.45) is 0 Å². The molecule has 134 valence electrons. The highest BCUT2D eigenvalue weighted by Gasteiger charge is 2.14. The van der Waals surface area contributed by atoms with Crippen molar-refractivity contribution in [2.75, 3.05) is 19.5 Å². The largest absolute Gasteiger partial charge is 0.493 e. The molecule has 1 N–H and O–H groups in total. The van der Waals surface area contributed by atoms with E-state index < -0.39 is 5.91 Å². The number of carbonyl (C=O) groups is 1. The second kappa shape index (κ2) is 7.64. The van der Waals surface area contributed by atoms with Crippen LogP contribution in [0.3, 0.4) is 0 Å². The Morgan fingerprint density at radius 1 is 1.08 bits per heavy atom. The van der Waals surface area contributed by atoms with E-state index in [1.54, 1.807) is 30.3 Å². The number of halogens is 1. The van der Waals surface area contributed by atoms with Crippen molar-refractivity contribution in [2.45, 2.75) is 6.42 Å². The number of methoxy groups -OCH3 is 2. The summed E-state index contributed by atoms with van der Waals surface area (Å²) in [5.74, 6) is 0.510. The fourth-order valence-corrected chi connectivity index (χ4v) is 2.30. The van der Waals surface area contributed by atoms with Crippen LogP contribution in [-0.2, 0) is 6.42 Å². The second-order valence-corrected chi connectivity index (χ2v) is 5.33. The van der Waals surface area contributed by atoms with E-state index in [0.29, 0.717) is 29.4 Å². The summed E-state index contributed by atoms with van der Waals surface area (Å²) < 4.78 is 28.6. The third kappa shape index (κ3) is 3.97. The van der Waals surface area contributed by atoms with Gasteiger partial charge in [-0.25, -0.2) is 4.39 Å². The SMILES string of the molecule is COc1ccc(C(=O)Nc2nnc(Cc3ccc(F)cc3)o2)cc1OC. The highest BCUT2D eigenvalue weighted by Crippen LogP contribution is 2.27. The zero-order valence-corrected chi connectivity index (χ0v) is 14.2. The number of nitrogens with one attached hydrogen (secondary N) is 1. The lowest BCUT2D eigenvalue weighted by Crippen LogP contribution is -2.12. The number of benzene rings is 2. The Balaban J connectivity index is 1.68. The van der Waals surface area contributed by atoms with Gasteiger partial charge in [-0.1, -0.05) is 17.2 Å². The Labute approximate surface area is 148 Å². The number of nitrogens with zero attached hydrogens (tertiary/aromatic N) is 2. The maximum Gasteiger partial charge on any atom is 0.322 e. The zero-order chi connectivity index (χ0) is 18.5. The highest BCUT2D eigenvalue weighted by molar-refractivity contribution is 6.03. The van der Waals surface area contributed by atoms with Crippen molar-refractivity contribution in [3.63, 3.8) is 0 Å². The Bertz CT molecular complexity index is 909. The minimum Gasteiger partial charge on any atom is -0.493 e. The van der Waals surface area contributed by atoms with E-state index in [1.807, 2.05) is 0 Å². The molecule has 7 nitrogen and oxygen atoms in total. The summed E-state index contributed by atoms with van der Waals surface area (Å²) >= 11 is 0. The average Bonchev–Trinajstić information content (AvgIpc) is 3.09. The van der Waals surface area contributed by atoms with Crippen LogP contribution in [0.5, 0.6) is 11.5 Å². The van der Waals surface area contributed by atoms with Gasteiger partial charge in [0.2, 0.25) is 5.89 Å². The normalized spacial score (nSPS) is 10.4. The fourth-order valence-electron chi connectivity index (χ4n) is 2.30. The van der Waals surface area contributed by atoms with Crippen molar-refractivity contribution < 1.29 is 23.1 Å². The van der Waals surface area contributed by atoms with Gasteiger partial charge in [-0.2, -0.15) is 0 Å². The predicted molar refractivity (Wildman–Crippen MR) is 91.0 cm³/mol. The molecule has 0 unspecified atom stereocenters. The molecule has 8 heteroatoms. The standard InChI is InChI=1S/C18H16FN3O4/c1-24-14-8-5-12(10-15(14)25-2)17(23)20-18-22-21-16(26-18)9-11-3-6-13(19)7-4-11/h3-8,10H,9H2,1-2H3,(H,20,22,23). The first-order valence-electron chi connectivity index (χ1n) is 7.69. The molecule has 0 saturated heterocycles. The fraction of sp³-hybridized carbons (Fsp3) is 0.167. The number of hydrogen-bond acceptors (Lipinski definition) is 6. The molecule has 0 fully saturated rings.